The zero-order valence-electron chi connectivity index (χ0n) is 35.4. The predicted octanol–water partition coefficient (Wildman–Crippen LogP) is -15.0. The molecule has 28 nitrogen and oxygen atoms in total. The number of aromatic nitrogens is 6. The van der Waals surface area contributed by atoms with Gasteiger partial charge >= 0.3 is 118 Å². The number of hydrogen-bond donors (Lipinski definition) is 10. The van der Waals surface area contributed by atoms with Crippen LogP contribution in [0.1, 0.15) is 11.1 Å². The average molecular weight is 1040 g/mol. The van der Waals surface area contributed by atoms with E-state index in [0.717, 1.165) is 36.4 Å². The van der Waals surface area contributed by atoms with Gasteiger partial charge in [0.25, 0.3) is 0 Å². The second-order valence-corrected chi connectivity index (χ2v) is 18.2. The summed E-state index contributed by atoms with van der Waals surface area (Å²) in [6, 6.07) is 6.50. The van der Waals surface area contributed by atoms with Crippen LogP contribution in [-0.4, -0.2) is 165 Å². The molecular formula is C30H36N12Na4O16S4. The molecule has 0 saturated carbocycles. The fourth-order valence-corrected chi connectivity index (χ4v) is 6.77. The summed E-state index contributed by atoms with van der Waals surface area (Å²) in [6.07, 6.45) is -0.445. The predicted molar refractivity (Wildman–Crippen MR) is 213 cm³/mol. The summed E-state index contributed by atoms with van der Waals surface area (Å²) in [7, 11) is -19.8. The third-order valence-corrected chi connectivity index (χ3v) is 10.7. The summed E-state index contributed by atoms with van der Waals surface area (Å²) >= 11 is 0. The van der Waals surface area contributed by atoms with Crippen LogP contribution in [-0.2, 0) is 40.5 Å². The minimum absolute atomic E-state index is 0. The molecule has 0 amide bonds. The van der Waals surface area contributed by atoms with E-state index in [9.17, 15) is 62.1 Å². The first kappa shape index (κ1) is 64.5. The number of nitrogens with one attached hydrogen (secondary N) is 6. The van der Waals surface area contributed by atoms with Crippen molar-refractivity contribution in [3.05, 3.63) is 47.5 Å². The number of aliphatic hydroxyl groups is 4. The van der Waals surface area contributed by atoms with E-state index in [1.807, 2.05) is 0 Å². The van der Waals surface area contributed by atoms with Gasteiger partial charge in [0.05, 0.1) is 67.0 Å². The summed E-state index contributed by atoms with van der Waals surface area (Å²) in [5, 5.41) is 53.0. The normalized spacial score (nSPS) is 12.5. The Morgan fingerprint density at radius 3 is 1.09 bits per heavy atom. The first-order chi connectivity index (χ1) is 28.9. The maximum Gasteiger partial charge on any atom is 1.00 e. The molecule has 2 aromatic heterocycles. The van der Waals surface area contributed by atoms with E-state index in [-0.39, 0.29) is 190 Å². The van der Waals surface area contributed by atoms with E-state index < -0.39 is 100 Å². The Morgan fingerprint density at radius 2 is 0.803 bits per heavy atom. The maximum absolute atomic E-state index is 12.4. The Labute approximate surface area is 466 Å². The van der Waals surface area contributed by atoms with Gasteiger partial charge in [0.15, 0.2) is 0 Å². The second kappa shape index (κ2) is 29.0. The Balaban J connectivity index is 0.0000106. The molecule has 0 bridgehead atoms. The summed E-state index contributed by atoms with van der Waals surface area (Å²) < 4.78 is 141. The summed E-state index contributed by atoms with van der Waals surface area (Å²) in [6.45, 7) is -2.65. The molecule has 0 aliphatic heterocycles. The number of rotatable bonds is 24. The Hall–Kier alpha value is -1.52. The molecule has 66 heavy (non-hydrogen) atoms. The van der Waals surface area contributed by atoms with Crippen LogP contribution in [0.5, 0.6) is 0 Å². The first-order valence-corrected chi connectivity index (χ1v) is 23.2. The van der Waals surface area contributed by atoms with E-state index in [1.165, 1.54) is 12.1 Å². The molecule has 2 unspecified atom stereocenters. The minimum atomic E-state index is -5.27. The zero-order valence-corrected chi connectivity index (χ0v) is 46.7. The van der Waals surface area contributed by atoms with Crippen LogP contribution in [0.2, 0.25) is 0 Å². The first-order valence-electron chi connectivity index (χ1n) is 17.3. The van der Waals surface area contributed by atoms with Gasteiger partial charge in [-0.15, -0.1) is 0 Å². The summed E-state index contributed by atoms with van der Waals surface area (Å²) in [4.78, 5) is 22.3. The van der Waals surface area contributed by atoms with Gasteiger partial charge in [-0.2, -0.15) is 29.9 Å². The van der Waals surface area contributed by atoms with Crippen molar-refractivity contribution < 1.29 is 191 Å². The molecule has 340 valence electrons. The molecule has 4 aromatic rings. The van der Waals surface area contributed by atoms with Gasteiger partial charge in [-0.3, -0.25) is 0 Å². The van der Waals surface area contributed by atoms with Crippen LogP contribution >= 0.6 is 0 Å². The number of aliphatic hydroxyl groups excluding tert-OH is 4. The minimum Gasteiger partial charge on any atom is -0.748 e. The molecule has 4 rings (SSSR count). The number of hydrogen-bond acceptors (Lipinski definition) is 28. The SMILES string of the molecule is O=S(=O)([O-])CCNc1nc(NCC(O)CO)nc(Nc2ccc(C=Cc3ccc(Nc4nc(NCCS(=O)(=O)[O-])nc(NCC(O)CO)n4)cc3S(=O)(=O)[O-])c(S(=O)(=O)[O-])c2)n1.[Na+].[Na+].[Na+].[Na+]. The Morgan fingerprint density at radius 1 is 0.500 bits per heavy atom. The van der Waals surface area contributed by atoms with Gasteiger partial charge in [-0.25, -0.2) is 33.7 Å². The third kappa shape index (κ3) is 22.9. The number of anilines is 8. The molecule has 2 aromatic carbocycles. The van der Waals surface area contributed by atoms with E-state index in [2.05, 4.69) is 61.8 Å². The van der Waals surface area contributed by atoms with Crippen LogP contribution in [0.15, 0.2) is 46.2 Å². The molecule has 0 fully saturated rings. The van der Waals surface area contributed by atoms with E-state index >= 15 is 0 Å². The zero-order chi connectivity index (χ0) is 45.9. The van der Waals surface area contributed by atoms with Crippen molar-refractivity contribution in [2.45, 2.75) is 22.0 Å². The van der Waals surface area contributed by atoms with Crippen LogP contribution in [0, 0.1) is 0 Å². The summed E-state index contributed by atoms with van der Waals surface area (Å²) in [5.41, 5.74) is -0.767. The fourth-order valence-electron chi connectivity index (χ4n) is 4.67. The van der Waals surface area contributed by atoms with Crippen molar-refractivity contribution in [3.8, 4) is 0 Å². The quantitative estimate of drug-likeness (QED) is 0.0177. The number of benzene rings is 2. The molecule has 0 radical (unpaired) electrons. The van der Waals surface area contributed by atoms with E-state index in [4.69, 9.17) is 10.2 Å². The fraction of sp³-hybridized carbons (Fsp3) is 0.333. The van der Waals surface area contributed by atoms with Crippen LogP contribution in [0.25, 0.3) is 12.2 Å². The van der Waals surface area contributed by atoms with Crippen LogP contribution in [0.3, 0.4) is 0 Å². The van der Waals surface area contributed by atoms with Gasteiger partial charge in [0.2, 0.25) is 35.7 Å². The molecule has 2 atom stereocenters. The Kier molecular flexibility index (Phi) is 28.3. The topological polar surface area (TPSA) is 459 Å². The van der Waals surface area contributed by atoms with Gasteiger partial charge in [0.1, 0.15) is 20.2 Å². The molecule has 0 spiro atoms. The van der Waals surface area contributed by atoms with Gasteiger partial charge < -0.3 is 70.5 Å². The molecule has 2 heterocycles. The van der Waals surface area contributed by atoms with E-state index in [1.54, 1.807) is 0 Å². The van der Waals surface area contributed by atoms with Crippen molar-refractivity contribution in [3.63, 3.8) is 0 Å². The average Bonchev–Trinajstić information content (AvgIpc) is 3.17. The third-order valence-electron chi connectivity index (χ3n) is 7.47. The Bertz CT molecular complexity index is 2530. The van der Waals surface area contributed by atoms with Gasteiger partial charge in [-0.1, -0.05) is 24.3 Å². The van der Waals surface area contributed by atoms with Gasteiger partial charge in [0, 0.05) is 37.6 Å². The van der Waals surface area contributed by atoms with Crippen molar-refractivity contribution in [1.82, 2.24) is 29.9 Å². The van der Waals surface area contributed by atoms with Crippen molar-refractivity contribution in [2.24, 2.45) is 0 Å². The van der Waals surface area contributed by atoms with Crippen LogP contribution < -0.4 is 150 Å². The molecule has 0 saturated heterocycles. The molecule has 10 N–H and O–H groups in total. The molecule has 36 heteroatoms. The number of nitrogens with zero attached hydrogens (tertiary/aromatic N) is 6. The van der Waals surface area contributed by atoms with Gasteiger partial charge in [-0.05, 0) is 35.4 Å². The monoisotopic (exact) mass is 1040 g/mol. The molecule has 0 aliphatic carbocycles. The standard InChI is InChI=1S/C30H40N12O16S4.4Na/c43-15-21(45)13-33-27-37-25(31-7-9-59(47,48)49)39-29(41-27)35-19-5-3-17(23(11-19)61(53,54)55)1-2-18-4-6-20(12-24(18)62(56,57)58)36-30-40-26(32-8-10-60(50,51)52)38-28(42-30)34-14-22(46)16-44;;;;/h1-6,11-12,21-22,43-46H,7-10,13-16H2,(H,47,48,49)(H,50,51,52)(H,53,54,55)(H,56,57,58)(H3,31,33,35,37,39,41)(H3,32,34,36,38,40,42);;;;/q;4*+1/p-4. The van der Waals surface area contributed by atoms with Crippen molar-refractivity contribution >= 4 is 99.7 Å². The summed E-state index contributed by atoms with van der Waals surface area (Å²) in [5.74, 6) is -3.38. The largest absolute Gasteiger partial charge is 1.00 e. The molecule has 0 aliphatic rings. The maximum atomic E-state index is 12.4. The van der Waals surface area contributed by atoms with Crippen molar-refractivity contribution in [2.75, 3.05) is 82.8 Å². The van der Waals surface area contributed by atoms with Crippen LogP contribution in [0.4, 0.5) is 47.1 Å². The smallest absolute Gasteiger partial charge is 0.748 e. The second-order valence-electron chi connectivity index (χ2n) is 12.4. The van der Waals surface area contributed by atoms with Crippen molar-refractivity contribution in [1.29, 1.82) is 0 Å². The molecular weight excluding hydrogens is 1000 g/mol. The van der Waals surface area contributed by atoms with E-state index in [0.29, 0.717) is 0 Å².